The summed E-state index contributed by atoms with van der Waals surface area (Å²) in [4.78, 5) is 5.92. The van der Waals surface area contributed by atoms with E-state index in [1.54, 1.807) is 0 Å². The number of nitrogens with zero attached hydrogens (tertiary/aromatic N) is 2. The number of pyridine rings is 2. The maximum absolute atomic E-state index is 13.6. The predicted octanol–water partition coefficient (Wildman–Crippen LogP) is 4.52. The molecule has 3 nitrogen and oxygen atoms in total. The molecule has 2 heterocycles. The molecule has 2 aromatic rings. The number of rotatable bonds is 2. The third-order valence-corrected chi connectivity index (χ3v) is 3.07. The summed E-state index contributed by atoms with van der Waals surface area (Å²) in [6.07, 6.45) is -12.5. The zero-order valence-electron chi connectivity index (χ0n) is 11.5. The lowest BCUT2D eigenvalue weighted by Crippen LogP contribution is -2.37. The number of alkyl halides is 10. The summed E-state index contributed by atoms with van der Waals surface area (Å²) in [5.41, 5.74) is -0.564. The molecule has 13 heteroatoms. The molecule has 25 heavy (non-hydrogen) atoms. The predicted molar refractivity (Wildman–Crippen MR) is 63.8 cm³/mol. The molecule has 0 fully saturated rings. The van der Waals surface area contributed by atoms with Crippen molar-refractivity contribution < 1.29 is 43.9 Å². The zero-order chi connectivity index (χ0) is 19.4. The highest BCUT2D eigenvalue weighted by atomic mass is 19.4. The number of fused-ring (bicyclic) bond motifs is 1. The fourth-order valence-electron chi connectivity index (χ4n) is 1.84. The van der Waals surface area contributed by atoms with E-state index in [0.29, 0.717) is 6.07 Å². The summed E-state index contributed by atoms with van der Waals surface area (Å²) >= 11 is 0. The first-order chi connectivity index (χ1) is 11.1. The highest BCUT2D eigenvalue weighted by molar-refractivity contribution is 5.81. The number of halogens is 10. The van der Waals surface area contributed by atoms with Gasteiger partial charge in [-0.05, 0) is 18.2 Å². The van der Waals surface area contributed by atoms with Crippen LogP contribution in [0.3, 0.4) is 0 Å². The number of aromatic nitrogens is 2. The van der Waals surface area contributed by atoms with E-state index in [9.17, 15) is 43.9 Å². The lowest BCUT2D eigenvalue weighted by Gasteiger charge is -2.24. The Balaban J connectivity index is 2.90. The van der Waals surface area contributed by atoms with Crippen molar-refractivity contribution in [1.82, 2.24) is 9.97 Å². The van der Waals surface area contributed by atoms with Gasteiger partial charge in [-0.15, -0.1) is 0 Å². The molecule has 0 bridgehead atoms. The normalized spacial score (nSPS) is 14.2. The molecule has 2 aromatic heterocycles. The van der Waals surface area contributed by atoms with Gasteiger partial charge in [-0.1, -0.05) is 0 Å². The van der Waals surface area contributed by atoms with Gasteiger partial charge in [-0.3, -0.25) is 0 Å². The molecule has 0 spiro atoms. The Morgan fingerprint density at radius 1 is 0.720 bits per heavy atom. The van der Waals surface area contributed by atoms with Crippen LogP contribution in [0.25, 0.3) is 11.0 Å². The molecule has 0 saturated carbocycles. The number of nitrogens with two attached hydrogens (primary N) is 1. The number of nitrogen functional groups attached to an aromatic ring is 1. The molecule has 2 N–H and O–H groups in total. The molecule has 0 aliphatic rings. The lowest BCUT2D eigenvalue weighted by molar-refractivity contribution is -0.293. The molecule has 0 saturated heterocycles. The zero-order valence-corrected chi connectivity index (χ0v) is 11.5. The van der Waals surface area contributed by atoms with Crippen LogP contribution < -0.4 is 5.73 Å². The molecular weight excluding hydrogens is 376 g/mol. The number of hydrogen-bond donors (Lipinski definition) is 1. The molecule has 0 aliphatic carbocycles. The van der Waals surface area contributed by atoms with Gasteiger partial charge in [0.05, 0.1) is 0 Å². The van der Waals surface area contributed by atoms with Gasteiger partial charge in [0, 0.05) is 10.9 Å². The minimum absolute atomic E-state index is 0.534. The smallest absolute Gasteiger partial charge is 0.384 e. The van der Waals surface area contributed by atoms with Crippen molar-refractivity contribution in [3.8, 4) is 0 Å². The van der Waals surface area contributed by atoms with Crippen LogP contribution in [0.15, 0.2) is 18.2 Å². The van der Waals surface area contributed by atoms with Crippen LogP contribution in [0.5, 0.6) is 0 Å². The van der Waals surface area contributed by atoms with E-state index >= 15 is 0 Å². The minimum atomic E-state index is -6.28. The van der Waals surface area contributed by atoms with Crippen LogP contribution in [-0.2, 0) is 11.8 Å². The summed E-state index contributed by atoms with van der Waals surface area (Å²) in [6, 6.07) is 0.692. The summed E-state index contributed by atoms with van der Waals surface area (Å²) in [5, 5.41) is -1.07. The molecule has 0 aromatic carbocycles. The monoisotopic (exact) mass is 381 g/mol. The van der Waals surface area contributed by atoms with E-state index in [1.165, 1.54) is 0 Å². The topological polar surface area (TPSA) is 51.8 Å². The summed E-state index contributed by atoms with van der Waals surface area (Å²) < 4.78 is 129. The van der Waals surface area contributed by atoms with Crippen molar-refractivity contribution >= 4 is 16.9 Å². The van der Waals surface area contributed by atoms with Crippen LogP contribution in [0.2, 0.25) is 0 Å². The van der Waals surface area contributed by atoms with E-state index < -0.39 is 58.4 Å². The first-order valence-corrected chi connectivity index (χ1v) is 6.06. The Labute approximate surface area is 131 Å². The average molecular weight is 381 g/mol. The van der Waals surface area contributed by atoms with E-state index in [4.69, 9.17) is 5.73 Å². The van der Waals surface area contributed by atoms with Gasteiger partial charge in [-0.25, -0.2) is 9.97 Å². The minimum Gasteiger partial charge on any atom is -0.384 e. The van der Waals surface area contributed by atoms with E-state index in [0.717, 1.165) is 6.07 Å². The van der Waals surface area contributed by atoms with Gasteiger partial charge < -0.3 is 5.73 Å². The molecule has 138 valence electrons. The van der Waals surface area contributed by atoms with Crippen molar-refractivity contribution in [3.05, 3.63) is 29.5 Å². The van der Waals surface area contributed by atoms with Gasteiger partial charge in [0.25, 0.3) is 0 Å². The van der Waals surface area contributed by atoms with Gasteiger partial charge in [-0.2, -0.15) is 43.9 Å². The molecule has 0 amide bonds. The van der Waals surface area contributed by atoms with Crippen molar-refractivity contribution in [2.24, 2.45) is 0 Å². The fourth-order valence-corrected chi connectivity index (χ4v) is 1.84. The maximum Gasteiger partial charge on any atom is 0.459 e. The highest BCUT2D eigenvalue weighted by Gasteiger charge is 2.63. The molecule has 0 radical (unpaired) electrons. The second-order valence-corrected chi connectivity index (χ2v) is 4.81. The fraction of sp³-hybridized carbons (Fsp3) is 0.333. The van der Waals surface area contributed by atoms with Crippen LogP contribution in [0.4, 0.5) is 49.7 Å². The van der Waals surface area contributed by atoms with Gasteiger partial charge in [0.15, 0.2) is 5.65 Å². The molecule has 0 atom stereocenters. The first kappa shape index (κ1) is 19.0. The van der Waals surface area contributed by atoms with E-state index in [-0.39, 0.29) is 0 Å². The Morgan fingerprint density at radius 3 is 1.72 bits per heavy atom. The van der Waals surface area contributed by atoms with Gasteiger partial charge in [0.1, 0.15) is 11.5 Å². The van der Waals surface area contributed by atoms with Crippen molar-refractivity contribution in [1.29, 1.82) is 0 Å². The summed E-state index contributed by atoms with van der Waals surface area (Å²) in [6.45, 7) is 0. The largest absolute Gasteiger partial charge is 0.459 e. The third-order valence-electron chi connectivity index (χ3n) is 3.07. The SMILES string of the molecule is Nc1ccc2c(C(F)(F)C(F)(F)F)cc(C(F)(F)C(F)(F)F)nc2n1. The standard InChI is InChI=1S/C12H5F10N3/c13-9(14,11(17,18)19)5-3-6(10(15,16)12(20,21)22)24-8-4(5)1-2-7(23)25-8/h1-3H,(H2,23,24,25). The van der Waals surface area contributed by atoms with E-state index in [2.05, 4.69) is 9.97 Å². The first-order valence-electron chi connectivity index (χ1n) is 6.06. The Kier molecular flexibility index (Phi) is 4.05. The maximum atomic E-state index is 13.6. The van der Waals surface area contributed by atoms with Gasteiger partial charge >= 0.3 is 24.2 Å². The molecule has 0 aliphatic heterocycles. The van der Waals surface area contributed by atoms with Crippen LogP contribution in [0.1, 0.15) is 11.3 Å². The van der Waals surface area contributed by atoms with E-state index in [1.807, 2.05) is 0 Å². The molecule has 2 rings (SSSR count). The number of anilines is 1. The molecular formula is C12H5F10N3. The number of hydrogen-bond acceptors (Lipinski definition) is 3. The lowest BCUT2D eigenvalue weighted by atomic mass is 10.0. The highest BCUT2D eigenvalue weighted by Crippen LogP contribution is 2.49. The van der Waals surface area contributed by atoms with Crippen molar-refractivity contribution in [2.75, 3.05) is 5.73 Å². The summed E-state index contributed by atoms with van der Waals surface area (Å²) in [7, 11) is 0. The van der Waals surface area contributed by atoms with Crippen LogP contribution >= 0.6 is 0 Å². The van der Waals surface area contributed by atoms with Crippen LogP contribution in [0, 0.1) is 0 Å². The van der Waals surface area contributed by atoms with Gasteiger partial charge in [0.2, 0.25) is 0 Å². The quantitative estimate of drug-likeness (QED) is 0.779. The second-order valence-electron chi connectivity index (χ2n) is 4.81. The Bertz CT molecular complexity index is 809. The summed E-state index contributed by atoms with van der Waals surface area (Å²) in [5.74, 6) is -12.1. The average Bonchev–Trinajstić information content (AvgIpc) is 2.43. The molecule has 0 unspecified atom stereocenters. The van der Waals surface area contributed by atoms with Crippen molar-refractivity contribution in [3.63, 3.8) is 0 Å². The van der Waals surface area contributed by atoms with Crippen LogP contribution in [-0.4, -0.2) is 22.3 Å². The Morgan fingerprint density at radius 2 is 1.24 bits per heavy atom. The van der Waals surface area contributed by atoms with Crippen molar-refractivity contribution in [2.45, 2.75) is 24.2 Å². The third kappa shape index (κ3) is 3.02. The second kappa shape index (κ2) is 5.33. The Hall–Kier alpha value is -2.34.